The normalized spacial score (nSPS) is 23.9. The van der Waals surface area contributed by atoms with Gasteiger partial charge in [0.05, 0.1) is 19.7 Å². The summed E-state index contributed by atoms with van der Waals surface area (Å²) in [6, 6.07) is 0. The Morgan fingerprint density at radius 1 is 1.80 bits per heavy atom. The molecule has 1 unspecified atom stereocenters. The highest BCUT2D eigenvalue weighted by Gasteiger charge is 2.28. The molecular formula is C9H14N2O4. The van der Waals surface area contributed by atoms with Crippen molar-refractivity contribution in [2.45, 2.75) is 6.10 Å². The Kier molecular flexibility index (Phi) is 3.68. The first-order valence-electron chi connectivity index (χ1n) is 4.50. The zero-order valence-corrected chi connectivity index (χ0v) is 8.73. The van der Waals surface area contributed by atoms with Gasteiger partial charge in [-0.05, 0) is 0 Å². The summed E-state index contributed by atoms with van der Waals surface area (Å²) in [4.78, 5) is 24.0. The fourth-order valence-corrected chi connectivity index (χ4v) is 1.27. The standard InChI is InChI=1S/C9H14N2O4/c1-11-5-6(4-10)15-9(13)7(11)3-8(12)14-2/h3,6H,4-5,10H2,1-2H3/b7-3-. The zero-order valence-electron chi connectivity index (χ0n) is 8.73. The van der Waals surface area contributed by atoms with E-state index in [0.29, 0.717) is 6.54 Å². The van der Waals surface area contributed by atoms with Gasteiger partial charge in [0.2, 0.25) is 0 Å². The number of nitrogens with zero attached hydrogens (tertiary/aromatic N) is 1. The van der Waals surface area contributed by atoms with Gasteiger partial charge in [-0.3, -0.25) is 0 Å². The molecule has 6 nitrogen and oxygen atoms in total. The van der Waals surface area contributed by atoms with E-state index in [-0.39, 0.29) is 18.3 Å². The third-order valence-corrected chi connectivity index (χ3v) is 2.09. The second-order valence-corrected chi connectivity index (χ2v) is 3.20. The van der Waals surface area contributed by atoms with Crippen molar-refractivity contribution in [2.75, 3.05) is 27.2 Å². The van der Waals surface area contributed by atoms with Crippen molar-refractivity contribution in [3.05, 3.63) is 11.8 Å². The molecule has 0 amide bonds. The summed E-state index contributed by atoms with van der Waals surface area (Å²) in [6.07, 6.45) is 0.784. The molecule has 0 aromatic carbocycles. The van der Waals surface area contributed by atoms with Gasteiger partial charge in [-0.15, -0.1) is 0 Å². The van der Waals surface area contributed by atoms with Gasteiger partial charge in [-0.2, -0.15) is 0 Å². The average Bonchev–Trinajstić information content (AvgIpc) is 2.22. The van der Waals surface area contributed by atoms with Gasteiger partial charge in [-0.25, -0.2) is 9.59 Å². The highest BCUT2D eigenvalue weighted by atomic mass is 16.6. The summed E-state index contributed by atoms with van der Waals surface area (Å²) >= 11 is 0. The first-order valence-corrected chi connectivity index (χ1v) is 4.50. The maximum atomic E-state index is 11.4. The fourth-order valence-electron chi connectivity index (χ4n) is 1.27. The van der Waals surface area contributed by atoms with Gasteiger partial charge in [0.15, 0.2) is 0 Å². The molecule has 0 radical (unpaired) electrons. The summed E-state index contributed by atoms with van der Waals surface area (Å²) in [5, 5.41) is 0. The van der Waals surface area contributed by atoms with Gasteiger partial charge in [-0.1, -0.05) is 0 Å². The summed E-state index contributed by atoms with van der Waals surface area (Å²) in [7, 11) is 2.94. The summed E-state index contributed by atoms with van der Waals surface area (Å²) in [6.45, 7) is 0.743. The molecule has 1 aliphatic heterocycles. The molecule has 1 fully saturated rings. The number of rotatable bonds is 2. The number of morpholine rings is 1. The molecule has 1 heterocycles. The summed E-state index contributed by atoms with van der Waals surface area (Å²) in [5.74, 6) is -1.13. The minimum Gasteiger partial charge on any atom is -0.466 e. The Morgan fingerprint density at radius 2 is 2.47 bits per heavy atom. The smallest absolute Gasteiger partial charge is 0.355 e. The van der Waals surface area contributed by atoms with Crippen LogP contribution in [0.5, 0.6) is 0 Å². The Bertz CT molecular complexity index is 300. The molecule has 0 aromatic rings. The van der Waals surface area contributed by atoms with E-state index in [0.717, 1.165) is 6.08 Å². The molecule has 0 aliphatic carbocycles. The molecule has 6 heteroatoms. The van der Waals surface area contributed by atoms with Gasteiger partial charge in [0, 0.05) is 13.6 Å². The summed E-state index contributed by atoms with van der Waals surface area (Å²) < 4.78 is 9.41. The first kappa shape index (κ1) is 11.5. The molecule has 84 valence electrons. The van der Waals surface area contributed by atoms with Crippen molar-refractivity contribution in [1.82, 2.24) is 4.90 Å². The lowest BCUT2D eigenvalue weighted by Gasteiger charge is -2.31. The minimum atomic E-state index is -0.583. The van der Waals surface area contributed by atoms with Crippen LogP contribution in [0.1, 0.15) is 0 Å². The predicted octanol–water partition coefficient (Wildman–Crippen LogP) is -1.14. The molecule has 15 heavy (non-hydrogen) atoms. The largest absolute Gasteiger partial charge is 0.466 e. The molecule has 1 rings (SSSR count). The van der Waals surface area contributed by atoms with Gasteiger partial charge >= 0.3 is 11.9 Å². The highest BCUT2D eigenvalue weighted by Crippen LogP contribution is 2.14. The van der Waals surface area contributed by atoms with E-state index in [1.807, 2.05) is 0 Å². The van der Waals surface area contributed by atoms with E-state index >= 15 is 0 Å². The maximum absolute atomic E-state index is 11.4. The van der Waals surface area contributed by atoms with Gasteiger partial charge < -0.3 is 20.1 Å². The van der Waals surface area contributed by atoms with Crippen molar-refractivity contribution in [2.24, 2.45) is 5.73 Å². The van der Waals surface area contributed by atoms with Crippen molar-refractivity contribution in [3.8, 4) is 0 Å². The predicted molar refractivity (Wildman–Crippen MR) is 51.7 cm³/mol. The number of methoxy groups -OCH3 is 1. The first-order chi connectivity index (χ1) is 7.08. The Balaban J connectivity index is 2.79. The van der Waals surface area contributed by atoms with Crippen LogP contribution in [0.3, 0.4) is 0 Å². The van der Waals surface area contributed by atoms with Crippen LogP contribution in [-0.2, 0) is 19.1 Å². The van der Waals surface area contributed by atoms with Crippen LogP contribution < -0.4 is 5.73 Å². The van der Waals surface area contributed by atoms with Crippen molar-refractivity contribution in [3.63, 3.8) is 0 Å². The van der Waals surface area contributed by atoms with Crippen LogP contribution in [0.15, 0.2) is 11.8 Å². The highest BCUT2D eigenvalue weighted by molar-refractivity contribution is 5.96. The third kappa shape index (κ3) is 2.69. The molecule has 1 saturated heterocycles. The van der Waals surface area contributed by atoms with Crippen LogP contribution in [0.25, 0.3) is 0 Å². The number of hydrogen-bond acceptors (Lipinski definition) is 6. The monoisotopic (exact) mass is 214 g/mol. The number of nitrogens with two attached hydrogens (primary N) is 1. The molecule has 2 N–H and O–H groups in total. The van der Waals surface area contributed by atoms with Crippen LogP contribution >= 0.6 is 0 Å². The minimum absolute atomic E-state index is 0.187. The van der Waals surface area contributed by atoms with Gasteiger partial charge in [0.25, 0.3) is 0 Å². The fraction of sp³-hybridized carbons (Fsp3) is 0.556. The van der Waals surface area contributed by atoms with Crippen LogP contribution in [-0.4, -0.2) is 50.2 Å². The van der Waals surface area contributed by atoms with Gasteiger partial charge in [0.1, 0.15) is 11.8 Å². The van der Waals surface area contributed by atoms with Crippen LogP contribution in [0.2, 0.25) is 0 Å². The topological polar surface area (TPSA) is 81.9 Å². The Labute approximate surface area is 87.6 Å². The van der Waals surface area contributed by atoms with E-state index in [1.54, 1.807) is 11.9 Å². The van der Waals surface area contributed by atoms with Crippen LogP contribution in [0.4, 0.5) is 0 Å². The number of ether oxygens (including phenoxy) is 2. The molecule has 1 atom stereocenters. The Morgan fingerprint density at radius 3 is 2.93 bits per heavy atom. The number of esters is 2. The number of cyclic esters (lactones) is 1. The van der Waals surface area contributed by atoms with Crippen molar-refractivity contribution >= 4 is 11.9 Å². The van der Waals surface area contributed by atoms with E-state index in [2.05, 4.69) is 4.74 Å². The lowest BCUT2D eigenvalue weighted by atomic mass is 10.2. The molecule has 0 bridgehead atoms. The van der Waals surface area contributed by atoms with Crippen molar-refractivity contribution < 1.29 is 19.1 Å². The van der Waals surface area contributed by atoms with Crippen molar-refractivity contribution in [1.29, 1.82) is 0 Å². The molecule has 0 saturated carbocycles. The number of carbonyl (C=O) groups is 2. The number of likely N-dealkylation sites (N-methyl/N-ethyl adjacent to an activating group) is 1. The van der Waals surface area contributed by atoms with Crippen LogP contribution in [0, 0.1) is 0 Å². The lowest BCUT2D eigenvalue weighted by Crippen LogP contribution is -2.45. The van der Waals surface area contributed by atoms with E-state index in [9.17, 15) is 9.59 Å². The maximum Gasteiger partial charge on any atom is 0.355 e. The number of carbonyl (C=O) groups excluding carboxylic acids is 2. The Hall–Kier alpha value is -1.56. The average molecular weight is 214 g/mol. The zero-order chi connectivity index (χ0) is 11.4. The molecule has 1 aliphatic rings. The molecule has 0 spiro atoms. The molecule has 0 aromatic heterocycles. The second-order valence-electron chi connectivity index (χ2n) is 3.20. The molecular weight excluding hydrogens is 200 g/mol. The summed E-state index contributed by atoms with van der Waals surface area (Å²) in [5.41, 5.74) is 5.57. The lowest BCUT2D eigenvalue weighted by molar-refractivity contribution is -0.151. The van der Waals surface area contributed by atoms with E-state index in [1.165, 1.54) is 7.11 Å². The van der Waals surface area contributed by atoms with E-state index in [4.69, 9.17) is 10.5 Å². The van der Waals surface area contributed by atoms with E-state index < -0.39 is 11.9 Å². The number of hydrogen-bond donors (Lipinski definition) is 1. The second kappa shape index (κ2) is 4.79. The quantitative estimate of drug-likeness (QED) is 0.462. The third-order valence-electron chi connectivity index (χ3n) is 2.09. The SMILES string of the molecule is COC(=O)/C=C1/C(=O)OC(CN)CN1C.